The van der Waals surface area contributed by atoms with Gasteiger partial charge in [-0.25, -0.2) is 4.79 Å². The Morgan fingerprint density at radius 3 is 1.10 bits per heavy atom. The van der Waals surface area contributed by atoms with Crippen molar-refractivity contribution in [1.82, 2.24) is 60.7 Å². The van der Waals surface area contributed by atoms with Crippen LogP contribution in [-0.4, -0.2) is 340 Å². The summed E-state index contributed by atoms with van der Waals surface area (Å²) in [7, 11) is 7.46. The molecule has 0 spiro atoms. The van der Waals surface area contributed by atoms with E-state index in [2.05, 4.69) is 26.6 Å². The van der Waals surface area contributed by atoms with Crippen molar-refractivity contribution in [3.05, 3.63) is 129 Å². The van der Waals surface area contributed by atoms with Crippen molar-refractivity contribution in [2.24, 2.45) is 0 Å². The molecule has 10 rings (SSSR count). The van der Waals surface area contributed by atoms with Crippen molar-refractivity contribution in [3.63, 3.8) is 0 Å². The number of hydrogen-bond acceptors (Lipinski definition) is 28. The maximum Gasteiger partial charge on any atom is 0.333 e. The van der Waals surface area contributed by atoms with E-state index in [0.717, 1.165) is 12.0 Å². The van der Waals surface area contributed by atoms with Gasteiger partial charge < -0.3 is 104 Å². The molecule has 38 nitrogen and oxygen atoms in total. The van der Waals surface area contributed by atoms with Gasteiger partial charge in [0.2, 0.25) is 35.4 Å². The molecule has 0 fully saturated rings. The molecule has 0 aliphatic carbocycles. The van der Waals surface area contributed by atoms with Crippen LogP contribution in [0.5, 0.6) is 23.3 Å². The highest BCUT2D eigenvalue weighted by Gasteiger charge is 2.41. The van der Waals surface area contributed by atoms with Gasteiger partial charge in [0.15, 0.2) is 0 Å². The molecule has 1 aromatic heterocycles. The van der Waals surface area contributed by atoms with Crippen molar-refractivity contribution in [2.45, 2.75) is 109 Å². The van der Waals surface area contributed by atoms with E-state index in [1.165, 1.54) is 26.8 Å². The van der Waals surface area contributed by atoms with E-state index in [-0.39, 0.29) is 167 Å². The number of rotatable bonds is 66. The fourth-order valence-electron chi connectivity index (χ4n) is 15.0. The molecule has 0 unspecified atom stereocenters. The minimum Gasteiger partial charge on any atom is -0.493 e. The van der Waals surface area contributed by atoms with E-state index >= 15 is 0 Å². The maximum atomic E-state index is 13.7. The average Bonchev–Trinajstić information content (AvgIpc) is 0.957. The number of unbranched alkanes of at least 4 members (excludes halogenated alkanes) is 6. The number of carbonyl (C=O) groups excluding carboxylic acids is 13. The minimum atomic E-state index is -0.657. The summed E-state index contributed by atoms with van der Waals surface area (Å²) in [6.07, 6.45) is 7.01. The zero-order valence-corrected chi connectivity index (χ0v) is 75.4. The van der Waals surface area contributed by atoms with Crippen LogP contribution < -0.4 is 40.9 Å². The quantitative estimate of drug-likeness (QED) is 0.0184. The van der Waals surface area contributed by atoms with Crippen LogP contribution in [0.4, 0.5) is 0 Å². The van der Waals surface area contributed by atoms with Crippen LogP contribution in [0.2, 0.25) is 0 Å². The van der Waals surface area contributed by atoms with E-state index in [1.807, 2.05) is 44.1 Å². The van der Waals surface area contributed by atoms with E-state index in [1.54, 1.807) is 65.6 Å². The summed E-state index contributed by atoms with van der Waals surface area (Å²) in [5, 5.41) is 35.7. The molecule has 0 saturated heterocycles. The van der Waals surface area contributed by atoms with Crippen molar-refractivity contribution in [2.75, 3.05) is 219 Å². The fraction of sp³-hybridized carbons (Fsp3) is 0.538. The molecule has 131 heavy (non-hydrogen) atoms. The van der Waals surface area contributed by atoms with E-state index in [0.29, 0.717) is 250 Å². The fourth-order valence-corrected chi connectivity index (χ4v) is 15.0. The van der Waals surface area contributed by atoms with Crippen LogP contribution in [0, 0.1) is 0 Å². The van der Waals surface area contributed by atoms with E-state index < -0.39 is 47.3 Å². The Morgan fingerprint density at radius 1 is 0.328 bits per heavy atom. The zero-order chi connectivity index (χ0) is 93.4. The second kappa shape index (κ2) is 53.7. The van der Waals surface area contributed by atoms with Crippen molar-refractivity contribution < 1.29 is 125 Å². The third-order valence-corrected chi connectivity index (χ3v) is 21.9. The molecule has 38 heteroatoms. The van der Waals surface area contributed by atoms with Crippen molar-refractivity contribution in [3.8, 4) is 23.3 Å². The number of ether oxygens (including phenoxy) is 10. The highest BCUT2D eigenvalue weighted by atomic mass is 16.7. The van der Waals surface area contributed by atoms with Gasteiger partial charge in [0.25, 0.3) is 47.3 Å². The number of imide groups is 3. The van der Waals surface area contributed by atoms with Gasteiger partial charge >= 0.3 is 5.97 Å². The lowest BCUT2D eigenvalue weighted by Gasteiger charge is -2.33. The Kier molecular flexibility index (Phi) is 41.6. The second-order valence-electron chi connectivity index (χ2n) is 32.3. The lowest BCUT2D eigenvalue weighted by Crippen LogP contribution is -2.45. The Morgan fingerprint density at radius 2 is 0.672 bits per heavy atom. The van der Waals surface area contributed by atoms with E-state index in [4.69, 9.17) is 52.2 Å². The van der Waals surface area contributed by atoms with Gasteiger partial charge in [-0.15, -0.1) is 4.73 Å². The van der Waals surface area contributed by atoms with Crippen LogP contribution in [0.1, 0.15) is 191 Å². The highest BCUT2D eigenvalue weighted by molar-refractivity contribution is 6.33. The van der Waals surface area contributed by atoms with Gasteiger partial charge in [0, 0.05) is 195 Å². The Bertz CT molecular complexity index is 4810. The second-order valence-corrected chi connectivity index (χ2v) is 32.3. The zero-order valence-electron chi connectivity index (χ0n) is 75.4. The lowest BCUT2D eigenvalue weighted by atomic mass is 9.86. The number of nitrogens with zero attached hydrogens (tertiary/aromatic N) is 7. The number of likely N-dealkylation sites (N-methyl/N-ethyl adjacent to an activating group) is 2. The first kappa shape index (κ1) is 102. The average molecular weight is 1830 g/mol. The number of nitrogens with one attached hydrogen (secondary N) is 5. The molecule has 4 aliphatic rings. The molecule has 0 saturated carbocycles. The molecule has 5 aromatic carbocycles. The SMILES string of the molecule is CN(C)CCN1C(=O)c2ccc3c4c(ccc(c24)C1=O)C(=O)N(CCCCCC(=O)NCCOCCOCCOCCOCCC(=O)NCCCOc1cc(OCCCNC(=O)CCOCCOCCOCCOCCNC(=O)CCCCCN2C(=O)c4ccc5c6c(ccc(c46)C2=O)C(=O)N(CCN(C)C)C5=O)cc(C(=O)NCCCCCC(=O)On2c(O)ccc2O)c1)C3. The van der Waals surface area contributed by atoms with Gasteiger partial charge in [0.05, 0.1) is 119 Å². The van der Waals surface area contributed by atoms with Crippen LogP contribution in [0.3, 0.4) is 0 Å². The summed E-state index contributed by atoms with van der Waals surface area (Å²) >= 11 is 0. The first-order chi connectivity index (χ1) is 63.5. The summed E-state index contributed by atoms with van der Waals surface area (Å²) in [6.45, 7) is 9.26. The molecule has 0 bridgehead atoms. The molecule has 0 radical (unpaired) electrons. The Labute approximate surface area is 761 Å². The van der Waals surface area contributed by atoms with Gasteiger partial charge in [-0.1, -0.05) is 25.3 Å². The maximum absolute atomic E-state index is 13.7. The topological polar surface area (TPSA) is 448 Å². The molecule has 12 amide bonds. The molecule has 712 valence electrons. The van der Waals surface area contributed by atoms with Gasteiger partial charge in [-0.05, 0) is 140 Å². The third kappa shape index (κ3) is 30.8. The molecular formula is C93H124N12O26. The van der Waals surface area contributed by atoms with Crippen LogP contribution >= 0.6 is 0 Å². The largest absolute Gasteiger partial charge is 0.493 e. The molecule has 4 aliphatic heterocycles. The predicted octanol–water partition coefficient (Wildman–Crippen LogP) is 5.46. The normalized spacial score (nSPS) is 13.4. The number of amides is 12. The summed E-state index contributed by atoms with van der Waals surface area (Å²) in [4.78, 5) is 185. The Balaban J connectivity index is 0.496. The molecule has 6 aromatic rings. The van der Waals surface area contributed by atoms with Gasteiger partial charge in [0.1, 0.15) is 11.5 Å². The number of aromatic hydroxyl groups is 2. The number of aromatic nitrogens is 1. The minimum absolute atomic E-state index is 0.0107. The molecule has 0 atom stereocenters. The lowest BCUT2D eigenvalue weighted by molar-refractivity contribution is -0.145. The number of carbonyl (C=O) groups is 13. The smallest absolute Gasteiger partial charge is 0.333 e. The van der Waals surface area contributed by atoms with Crippen LogP contribution in [-0.2, 0) is 68.4 Å². The van der Waals surface area contributed by atoms with Crippen molar-refractivity contribution >= 4 is 98.4 Å². The monoisotopic (exact) mass is 1820 g/mol. The summed E-state index contributed by atoms with van der Waals surface area (Å²) in [6, 6.07) is 20.4. The first-order valence-corrected chi connectivity index (χ1v) is 45.0. The van der Waals surface area contributed by atoms with Gasteiger partial charge in [-0.3, -0.25) is 72.2 Å². The standard InChI is InChI=1S/C93H124N12O26/c1-99(2)38-40-103-90(117)69-20-19-64-63-101(87(114)68-21-22-70(91(103)118)83(69)82(64)68)36-12-6-8-16-75(106)96-34-46-123-50-54-127-58-56-125-52-48-121-44-29-77(108)94-32-14-42-129-66-60-65(86(113)98-31-11-5-10-18-81(112)131-105-79(110)27-28-80(105)111)61-67(62-66)130-43-15-33-95-78(109)30-45-122-49-53-126-57-59-128-55-51-124-47-35-97-76(107)17-9-7-13-37-102-88(115)71-23-25-73-85-74(26-24-72(84(71)85)89(102)116)93(120)104(92(73)119)41-39-100(3)4/h19-28,60-62,110-111H,5-18,29-59,63H2,1-4H3,(H,94,108)(H,95,109)(H,96,106)(H,97,107)(H,98,113). The van der Waals surface area contributed by atoms with Crippen LogP contribution in [0.15, 0.2) is 78.9 Å². The van der Waals surface area contributed by atoms with Crippen LogP contribution in [0.25, 0.3) is 21.5 Å². The van der Waals surface area contributed by atoms with E-state index in [9.17, 15) is 72.5 Å². The summed E-state index contributed by atoms with van der Waals surface area (Å²) < 4.78 is 57.3. The summed E-state index contributed by atoms with van der Waals surface area (Å²) in [5.74, 6) is -4.58. The third-order valence-electron chi connectivity index (χ3n) is 21.9. The summed E-state index contributed by atoms with van der Waals surface area (Å²) in [5.41, 5.74) is 3.63. The number of benzene rings is 5. The highest BCUT2D eigenvalue weighted by Crippen LogP contribution is 2.40. The predicted molar refractivity (Wildman–Crippen MR) is 477 cm³/mol. The molecule has 5 heterocycles. The first-order valence-electron chi connectivity index (χ1n) is 45.0. The van der Waals surface area contributed by atoms with Gasteiger partial charge in [-0.2, -0.15) is 0 Å². The Hall–Kier alpha value is -11.6. The van der Waals surface area contributed by atoms with Crippen molar-refractivity contribution in [1.29, 1.82) is 0 Å². The molecular weight excluding hydrogens is 1700 g/mol. The molecule has 7 N–H and O–H groups in total. The number of hydrogen-bond donors (Lipinski definition) is 7.